The second kappa shape index (κ2) is 8.12. The van der Waals surface area contributed by atoms with E-state index in [0.717, 1.165) is 6.42 Å². The zero-order valence-corrected chi connectivity index (χ0v) is 13.1. The van der Waals surface area contributed by atoms with E-state index in [-0.39, 0.29) is 17.1 Å². The Morgan fingerprint density at radius 1 is 1.17 bits per heavy atom. The molecule has 0 saturated carbocycles. The highest BCUT2D eigenvalue weighted by molar-refractivity contribution is 7.89. The molecular formula is C13H29NO3S. The molecule has 0 amide bonds. The van der Waals surface area contributed by atoms with Gasteiger partial charge in [-0.3, -0.25) is 0 Å². The molecule has 4 nitrogen and oxygen atoms in total. The summed E-state index contributed by atoms with van der Waals surface area (Å²) in [7, 11) is -3.44. The molecule has 0 saturated heterocycles. The van der Waals surface area contributed by atoms with Crippen molar-refractivity contribution in [3.05, 3.63) is 0 Å². The molecule has 0 aliphatic carbocycles. The Morgan fingerprint density at radius 2 is 1.78 bits per heavy atom. The molecule has 0 fully saturated rings. The first kappa shape index (κ1) is 17.9. The number of hydrogen-bond donors (Lipinski definition) is 1. The molecule has 0 bridgehead atoms. The number of hydrogen-bond acceptors (Lipinski definition) is 3. The van der Waals surface area contributed by atoms with Crippen LogP contribution in [0.5, 0.6) is 0 Å². The van der Waals surface area contributed by atoms with Gasteiger partial charge in [-0.1, -0.05) is 47.0 Å². The van der Waals surface area contributed by atoms with Crippen LogP contribution >= 0.6 is 0 Å². The molecule has 0 spiro atoms. The zero-order chi connectivity index (χ0) is 14.2. The molecule has 0 rings (SSSR count). The molecule has 0 heterocycles. The summed E-state index contributed by atoms with van der Waals surface area (Å²) in [5.41, 5.74) is -0.115. The van der Waals surface area contributed by atoms with E-state index in [1.54, 1.807) is 0 Å². The molecular weight excluding hydrogens is 250 g/mol. The van der Waals surface area contributed by atoms with Crippen LogP contribution in [0.2, 0.25) is 0 Å². The average molecular weight is 279 g/mol. The molecule has 0 aromatic rings. The van der Waals surface area contributed by atoms with Crippen molar-refractivity contribution in [2.24, 2.45) is 16.5 Å². The van der Waals surface area contributed by atoms with Crippen LogP contribution in [-0.4, -0.2) is 27.4 Å². The molecule has 0 aromatic heterocycles. The van der Waals surface area contributed by atoms with Gasteiger partial charge in [-0.25, -0.2) is 13.6 Å². The van der Waals surface area contributed by atoms with Gasteiger partial charge in [0.25, 0.3) is 0 Å². The smallest absolute Gasteiger partial charge is 0.209 e. The number of nitrogens with two attached hydrogens (primary N) is 1. The normalized spacial score (nSPS) is 14.7. The number of sulfonamides is 1. The van der Waals surface area contributed by atoms with Crippen molar-refractivity contribution >= 4 is 10.0 Å². The predicted molar refractivity (Wildman–Crippen MR) is 75.9 cm³/mol. The van der Waals surface area contributed by atoms with Crippen molar-refractivity contribution in [1.29, 1.82) is 0 Å². The van der Waals surface area contributed by atoms with Gasteiger partial charge in [-0.15, -0.1) is 0 Å². The highest BCUT2D eigenvalue weighted by atomic mass is 32.2. The first-order chi connectivity index (χ1) is 8.17. The molecule has 1 atom stereocenters. The average Bonchev–Trinajstić information content (AvgIpc) is 2.18. The molecule has 1 unspecified atom stereocenters. The van der Waals surface area contributed by atoms with Gasteiger partial charge >= 0.3 is 0 Å². The molecule has 110 valence electrons. The largest absolute Gasteiger partial charge is 0.381 e. The van der Waals surface area contributed by atoms with Crippen molar-refractivity contribution in [1.82, 2.24) is 0 Å². The van der Waals surface area contributed by atoms with Crippen LogP contribution in [0.15, 0.2) is 0 Å². The van der Waals surface area contributed by atoms with Crippen molar-refractivity contribution in [2.75, 3.05) is 19.0 Å². The van der Waals surface area contributed by atoms with Crippen LogP contribution in [0.1, 0.15) is 53.4 Å². The van der Waals surface area contributed by atoms with Crippen molar-refractivity contribution in [3.8, 4) is 0 Å². The quantitative estimate of drug-likeness (QED) is 0.659. The standard InChI is InChI=1S/C13H29NO3S/c1-5-6-7-8-9-17-10-12(13(2,3)4)11-18(14,15)16/h12H,5-11H2,1-4H3,(H2,14,15,16). The SMILES string of the molecule is CCCCCCOCC(CS(N)(=O)=O)C(C)(C)C. The lowest BCUT2D eigenvalue weighted by Crippen LogP contribution is -2.34. The second-order valence-electron chi connectivity index (χ2n) is 6.03. The third-order valence-electron chi connectivity index (χ3n) is 3.12. The number of unbranched alkanes of at least 4 members (excludes halogenated alkanes) is 3. The molecule has 2 N–H and O–H groups in total. The lowest BCUT2D eigenvalue weighted by Gasteiger charge is -2.29. The summed E-state index contributed by atoms with van der Waals surface area (Å²) in [5, 5.41) is 5.12. The third-order valence-corrected chi connectivity index (χ3v) is 3.99. The molecule has 0 aromatic carbocycles. The highest BCUT2D eigenvalue weighted by Crippen LogP contribution is 2.27. The van der Waals surface area contributed by atoms with Crippen LogP contribution in [-0.2, 0) is 14.8 Å². The summed E-state index contributed by atoms with van der Waals surface area (Å²) in [6.07, 6.45) is 4.64. The van der Waals surface area contributed by atoms with Gasteiger partial charge in [0.05, 0.1) is 12.4 Å². The summed E-state index contributed by atoms with van der Waals surface area (Å²) >= 11 is 0. The predicted octanol–water partition coefficient (Wildman–Crippen LogP) is 2.53. The highest BCUT2D eigenvalue weighted by Gasteiger charge is 2.28. The van der Waals surface area contributed by atoms with Gasteiger partial charge in [-0.05, 0) is 11.8 Å². The summed E-state index contributed by atoms with van der Waals surface area (Å²) in [6, 6.07) is 0. The van der Waals surface area contributed by atoms with E-state index in [1.165, 1.54) is 19.3 Å². The fraction of sp³-hybridized carbons (Fsp3) is 1.00. The minimum Gasteiger partial charge on any atom is -0.381 e. The van der Waals surface area contributed by atoms with Gasteiger partial charge in [0, 0.05) is 12.5 Å². The van der Waals surface area contributed by atoms with Crippen LogP contribution in [0.4, 0.5) is 0 Å². The minimum atomic E-state index is -3.44. The van der Waals surface area contributed by atoms with E-state index in [0.29, 0.717) is 13.2 Å². The first-order valence-electron chi connectivity index (χ1n) is 6.75. The van der Waals surface area contributed by atoms with Gasteiger partial charge < -0.3 is 4.74 Å². The van der Waals surface area contributed by atoms with Gasteiger partial charge in [0.15, 0.2) is 0 Å². The van der Waals surface area contributed by atoms with E-state index < -0.39 is 10.0 Å². The Kier molecular flexibility index (Phi) is 8.06. The third kappa shape index (κ3) is 9.85. The van der Waals surface area contributed by atoms with Crippen LogP contribution in [0, 0.1) is 11.3 Å². The lowest BCUT2D eigenvalue weighted by atomic mass is 9.82. The van der Waals surface area contributed by atoms with Crippen molar-refractivity contribution in [2.45, 2.75) is 53.4 Å². The second-order valence-corrected chi connectivity index (χ2v) is 7.69. The number of primary sulfonamides is 1. The lowest BCUT2D eigenvalue weighted by molar-refractivity contribution is 0.0631. The fourth-order valence-corrected chi connectivity index (χ4v) is 2.84. The molecule has 18 heavy (non-hydrogen) atoms. The van der Waals surface area contributed by atoms with Crippen LogP contribution in [0.25, 0.3) is 0 Å². The Balaban J connectivity index is 4.04. The van der Waals surface area contributed by atoms with E-state index in [9.17, 15) is 8.42 Å². The van der Waals surface area contributed by atoms with Crippen molar-refractivity contribution < 1.29 is 13.2 Å². The molecule has 0 radical (unpaired) electrons. The first-order valence-corrected chi connectivity index (χ1v) is 8.46. The maximum atomic E-state index is 11.2. The van der Waals surface area contributed by atoms with Crippen LogP contribution < -0.4 is 5.14 Å². The fourth-order valence-electron chi connectivity index (χ4n) is 1.69. The Bertz CT molecular complexity index is 307. The van der Waals surface area contributed by atoms with E-state index in [1.807, 2.05) is 20.8 Å². The number of rotatable bonds is 9. The van der Waals surface area contributed by atoms with E-state index in [2.05, 4.69) is 6.92 Å². The van der Waals surface area contributed by atoms with Gasteiger partial charge in [-0.2, -0.15) is 0 Å². The van der Waals surface area contributed by atoms with Gasteiger partial charge in [0.2, 0.25) is 10.0 Å². The maximum absolute atomic E-state index is 11.2. The Hall–Kier alpha value is -0.130. The topological polar surface area (TPSA) is 69.4 Å². The molecule has 0 aliphatic rings. The minimum absolute atomic E-state index is 0.00847. The van der Waals surface area contributed by atoms with E-state index in [4.69, 9.17) is 9.88 Å². The van der Waals surface area contributed by atoms with Crippen LogP contribution in [0.3, 0.4) is 0 Å². The number of ether oxygens (including phenoxy) is 1. The summed E-state index contributed by atoms with van der Waals surface area (Å²) in [4.78, 5) is 0. The monoisotopic (exact) mass is 279 g/mol. The Morgan fingerprint density at radius 3 is 2.22 bits per heavy atom. The van der Waals surface area contributed by atoms with Gasteiger partial charge in [0.1, 0.15) is 0 Å². The Labute approximate surface area is 112 Å². The van der Waals surface area contributed by atoms with E-state index >= 15 is 0 Å². The zero-order valence-electron chi connectivity index (χ0n) is 12.2. The molecule has 0 aliphatic heterocycles. The summed E-state index contributed by atoms with van der Waals surface area (Å²) in [5.74, 6) is -0.0653. The van der Waals surface area contributed by atoms with Crippen molar-refractivity contribution in [3.63, 3.8) is 0 Å². The summed E-state index contributed by atoms with van der Waals surface area (Å²) < 4.78 is 28.0. The maximum Gasteiger partial charge on any atom is 0.209 e. The molecule has 5 heteroatoms. The summed E-state index contributed by atoms with van der Waals surface area (Å²) in [6.45, 7) is 9.39.